The van der Waals surface area contributed by atoms with E-state index in [9.17, 15) is 9.59 Å². The molecule has 144 valence electrons. The number of carbonyl (C=O) groups excluding carboxylic acids is 2. The van der Waals surface area contributed by atoms with Gasteiger partial charge >= 0.3 is 5.97 Å². The van der Waals surface area contributed by atoms with Crippen molar-refractivity contribution in [3.63, 3.8) is 0 Å². The second-order valence-corrected chi connectivity index (χ2v) is 6.28. The first-order valence-corrected chi connectivity index (χ1v) is 8.62. The predicted molar refractivity (Wildman–Crippen MR) is 104 cm³/mol. The number of aromatic nitrogens is 3. The maximum absolute atomic E-state index is 12.2. The first-order valence-electron chi connectivity index (χ1n) is 8.24. The Morgan fingerprint density at radius 1 is 1.18 bits per heavy atom. The van der Waals surface area contributed by atoms with Crippen LogP contribution in [0.4, 0.5) is 5.82 Å². The third-order valence-corrected chi connectivity index (χ3v) is 4.28. The molecule has 0 aliphatic carbocycles. The highest BCUT2D eigenvalue weighted by molar-refractivity contribution is 6.31. The lowest BCUT2D eigenvalue weighted by molar-refractivity contribution is -0.116. The zero-order chi connectivity index (χ0) is 20.3. The number of nitrogens with zero attached hydrogens (tertiary/aromatic N) is 4. The molecule has 9 heteroatoms. The Morgan fingerprint density at radius 3 is 2.57 bits per heavy atom. The summed E-state index contributed by atoms with van der Waals surface area (Å²) in [5.74, 6) is -0.262. The van der Waals surface area contributed by atoms with E-state index in [0.29, 0.717) is 27.3 Å². The number of amides is 1. The molecule has 3 aromatic rings. The van der Waals surface area contributed by atoms with Gasteiger partial charge in [-0.05, 0) is 23.8 Å². The van der Waals surface area contributed by atoms with E-state index in [-0.39, 0.29) is 23.9 Å². The third kappa shape index (κ3) is 3.86. The molecule has 28 heavy (non-hydrogen) atoms. The number of hydrogen-bond donors (Lipinski definition) is 0. The summed E-state index contributed by atoms with van der Waals surface area (Å²) in [6.07, 6.45) is 4.53. The quantitative estimate of drug-likeness (QED) is 0.607. The first-order chi connectivity index (χ1) is 13.4. The van der Waals surface area contributed by atoms with E-state index in [1.54, 1.807) is 18.2 Å². The second kappa shape index (κ2) is 8.18. The number of pyridine rings is 1. The van der Waals surface area contributed by atoms with Gasteiger partial charge in [-0.25, -0.2) is 14.8 Å². The van der Waals surface area contributed by atoms with Gasteiger partial charge in [-0.15, -0.1) is 0 Å². The lowest BCUT2D eigenvalue weighted by Gasteiger charge is -2.21. The number of halogens is 1. The summed E-state index contributed by atoms with van der Waals surface area (Å²) in [5.41, 5.74) is 1.39. The molecule has 0 saturated carbocycles. The fourth-order valence-corrected chi connectivity index (χ4v) is 3.04. The number of anilines is 1. The first kappa shape index (κ1) is 19.5. The van der Waals surface area contributed by atoms with Gasteiger partial charge in [-0.2, -0.15) is 0 Å². The van der Waals surface area contributed by atoms with Crippen LogP contribution >= 0.6 is 11.6 Å². The van der Waals surface area contributed by atoms with Crippen LogP contribution < -0.4 is 9.64 Å². The van der Waals surface area contributed by atoms with E-state index in [1.165, 1.54) is 44.6 Å². The van der Waals surface area contributed by atoms with E-state index in [2.05, 4.69) is 15.0 Å². The normalized spacial score (nSPS) is 10.6. The average Bonchev–Trinajstić information content (AvgIpc) is 2.70. The van der Waals surface area contributed by atoms with Crippen LogP contribution in [-0.4, -0.2) is 41.0 Å². The van der Waals surface area contributed by atoms with Gasteiger partial charge in [0.25, 0.3) is 0 Å². The molecule has 0 N–H and O–H groups in total. The van der Waals surface area contributed by atoms with Crippen LogP contribution in [0.15, 0.2) is 36.8 Å². The maximum Gasteiger partial charge on any atom is 0.343 e. The molecular weight excluding hydrogens is 384 g/mol. The van der Waals surface area contributed by atoms with E-state index in [0.717, 1.165) is 0 Å². The van der Waals surface area contributed by atoms with Gasteiger partial charge in [0.15, 0.2) is 5.82 Å². The smallest absolute Gasteiger partial charge is 0.343 e. The van der Waals surface area contributed by atoms with Crippen molar-refractivity contribution in [3.05, 3.63) is 52.9 Å². The number of hydrogen-bond acceptors (Lipinski definition) is 7. The van der Waals surface area contributed by atoms with E-state index in [1.807, 2.05) is 0 Å². The summed E-state index contributed by atoms with van der Waals surface area (Å²) >= 11 is 6.27. The summed E-state index contributed by atoms with van der Waals surface area (Å²) in [6.45, 7) is 1.60. The molecule has 2 heterocycles. The second-order valence-electron chi connectivity index (χ2n) is 5.84. The van der Waals surface area contributed by atoms with E-state index >= 15 is 0 Å². The molecule has 0 aliphatic heterocycles. The molecule has 2 aromatic heterocycles. The largest absolute Gasteiger partial charge is 0.480 e. The summed E-state index contributed by atoms with van der Waals surface area (Å²) in [4.78, 5) is 38.3. The molecule has 0 fully saturated rings. The number of methoxy groups -OCH3 is 2. The molecule has 0 unspecified atom stereocenters. The number of esters is 1. The predicted octanol–water partition coefficient (Wildman–Crippen LogP) is 3.03. The van der Waals surface area contributed by atoms with Gasteiger partial charge in [-0.1, -0.05) is 11.6 Å². The van der Waals surface area contributed by atoms with Crippen LogP contribution in [0, 0.1) is 0 Å². The topological polar surface area (TPSA) is 94.5 Å². The minimum Gasteiger partial charge on any atom is -0.480 e. The van der Waals surface area contributed by atoms with Gasteiger partial charge in [0.2, 0.25) is 11.8 Å². The van der Waals surface area contributed by atoms with Crippen molar-refractivity contribution in [3.8, 4) is 5.88 Å². The van der Waals surface area contributed by atoms with Gasteiger partial charge < -0.3 is 9.47 Å². The summed E-state index contributed by atoms with van der Waals surface area (Å²) in [5, 5.41) is 1.05. The standard InChI is InChI=1S/C19H17ClN4O4/c1-11(25)24(16-9-21-4-5-22-16)10-13-7-14(20)6-12-8-15(19(26)28-3)18(27-2)23-17(12)13/h4-9H,10H2,1-3H3. The van der Waals surface area contributed by atoms with E-state index < -0.39 is 5.97 Å². The molecular formula is C19H17ClN4O4. The SMILES string of the molecule is COC(=O)c1cc2cc(Cl)cc(CN(C(C)=O)c3cnccn3)c2nc1OC. The molecule has 0 spiro atoms. The Balaban J connectivity index is 2.15. The number of rotatable bonds is 5. The number of benzene rings is 1. The van der Waals surface area contributed by atoms with Gasteiger partial charge in [0.1, 0.15) is 5.56 Å². The molecule has 1 amide bonds. The minimum atomic E-state index is -0.572. The van der Waals surface area contributed by atoms with Crippen LogP contribution in [0.1, 0.15) is 22.8 Å². The monoisotopic (exact) mass is 400 g/mol. The molecule has 0 saturated heterocycles. The Morgan fingerprint density at radius 2 is 1.96 bits per heavy atom. The van der Waals surface area contributed by atoms with Crippen molar-refractivity contribution in [2.45, 2.75) is 13.5 Å². The Labute approximate surface area is 166 Å². The molecule has 0 atom stereocenters. The van der Waals surface area contributed by atoms with Crippen molar-refractivity contribution in [1.29, 1.82) is 0 Å². The molecule has 0 aliphatic rings. The van der Waals surface area contributed by atoms with Crippen LogP contribution in [0.2, 0.25) is 5.02 Å². The van der Waals surface area contributed by atoms with Crippen LogP contribution in [0.5, 0.6) is 5.88 Å². The maximum atomic E-state index is 12.2. The highest BCUT2D eigenvalue weighted by atomic mass is 35.5. The lowest BCUT2D eigenvalue weighted by atomic mass is 10.1. The molecule has 3 rings (SSSR count). The lowest BCUT2D eigenvalue weighted by Crippen LogP contribution is -2.29. The van der Waals surface area contributed by atoms with Crippen molar-refractivity contribution in [1.82, 2.24) is 15.0 Å². The summed E-state index contributed by atoms with van der Waals surface area (Å²) in [7, 11) is 2.69. The summed E-state index contributed by atoms with van der Waals surface area (Å²) < 4.78 is 10.0. The Bertz CT molecular complexity index is 1040. The van der Waals surface area contributed by atoms with Crippen LogP contribution in [0.25, 0.3) is 10.9 Å². The van der Waals surface area contributed by atoms with Crippen LogP contribution in [-0.2, 0) is 16.1 Å². The van der Waals surface area contributed by atoms with Crippen molar-refractivity contribution < 1.29 is 19.1 Å². The van der Waals surface area contributed by atoms with Crippen molar-refractivity contribution >= 4 is 40.2 Å². The van der Waals surface area contributed by atoms with Crippen molar-refractivity contribution in [2.75, 3.05) is 19.1 Å². The molecule has 8 nitrogen and oxygen atoms in total. The van der Waals surface area contributed by atoms with Crippen molar-refractivity contribution in [2.24, 2.45) is 0 Å². The molecule has 1 aromatic carbocycles. The number of ether oxygens (including phenoxy) is 2. The highest BCUT2D eigenvalue weighted by Gasteiger charge is 2.20. The van der Waals surface area contributed by atoms with Crippen LogP contribution in [0.3, 0.4) is 0 Å². The fraction of sp³-hybridized carbons (Fsp3) is 0.211. The molecule has 0 radical (unpaired) electrons. The zero-order valence-corrected chi connectivity index (χ0v) is 16.2. The summed E-state index contributed by atoms with van der Waals surface area (Å²) in [6, 6.07) is 4.99. The van der Waals surface area contributed by atoms with Gasteiger partial charge in [-0.3, -0.25) is 14.7 Å². The Hall–Kier alpha value is -3.26. The molecule has 0 bridgehead atoms. The number of carbonyl (C=O) groups is 2. The zero-order valence-electron chi connectivity index (χ0n) is 15.5. The highest BCUT2D eigenvalue weighted by Crippen LogP contribution is 2.29. The fourth-order valence-electron chi connectivity index (χ4n) is 2.79. The Kier molecular flexibility index (Phi) is 5.70. The third-order valence-electron chi connectivity index (χ3n) is 4.06. The van der Waals surface area contributed by atoms with Gasteiger partial charge in [0.05, 0.1) is 32.5 Å². The average molecular weight is 401 g/mol. The van der Waals surface area contributed by atoms with Gasteiger partial charge in [0, 0.05) is 29.7 Å². The minimum absolute atomic E-state index is 0.122. The number of fused-ring (bicyclic) bond motifs is 1. The van der Waals surface area contributed by atoms with E-state index in [4.69, 9.17) is 21.1 Å².